The van der Waals surface area contributed by atoms with Gasteiger partial charge in [-0.05, 0) is 19.3 Å². The third-order valence-electron chi connectivity index (χ3n) is 2.94. The largest absolute Gasteiger partial charge is 0.478 e. The smallest absolute Gasteiger partial charge is 0.328 e. The average Bonchev–Trinajstić information content (AvgIpc) is 2.62. The van der Waals surface area contributed by atoms with E-state index in [9.17, 15) is 9.59 Å². The molecule has 6 heteroatoms. The van der Waals surface area contributed by atoms with Crippen LogP contribution in [0.2, 0.25) is 0 Å². The molecule has 0 aromatic rings. The third kappa shape index (κ3) is 6.59. The van der Waals surface area contributed by atoms with Crippen molar-refractivity contribution in [3.63, 3.8) is 0 Å². The van der Waals surface area contributed by atoms with E-state index in [4.69, 9.17) is 10.2 Å². The Morgan fingerprint density at radius 2 is 1.63 bits per heavy atom. The van der Waals surface area contributed by atoms with Crippen molar-refractivity contribution in [2.24, 2.45) is 4.99 Å². The highest BCUT2D eigenvalue weighted by molar-refractivity contribution is 5.89. The zero-order chi connectivity index (χ0) is 14.1. The molecule has 0 aliphatic carbocycles. The molecule has 2 aliphatic heterocycles. The van der Waals surface area contributed by atoms with Gasteiger partial charge in [-0.15, -0.1) is 0 Å². The first-order valence-electron chi connectivity index (χ1n) is 6.52. The summed E-state index contributed by atoms with van der Waals surface area (Å²) in [5.41, 5.74) is 0. The zero-order valence-corrected chi connectivity index (χ0v) is 10.9. The van der Waals surface area contributed by atoms with E-state index >= 15 is 0 Å². The number of carboxylic acid groups (broad SMARTS) is 2. The molecule has 0 saturated carbocycles. The Bertz CT molecular complexity index is 361. The first-order valence-corrected chi connectivity index (χ1v) is 6.52. The monoisotopic (exact) mass is 268 g/mol. The van der Waals surface area contributed by atoms with Crippen molar-refractivity contribution in [3.05, 3.63) is 12.2 Å². The Hall–Kier alpha value is -1.85. The molecule has 19 heavy (non-hydrogen) atoms. The summed E-state index contributed by atoms with van der Waals surface area (Å²) in [6.07, 6.45) is 7.75. The first kappa shape index (κ1) is 15.2. The Balaban J connectivity index is 0.000000203. The van der Waals surface area contributed by atoms with Gasteiger partial charge in [0.1, 0.15) is 0 Å². The summed E-state index contributed by atoms with van der Waals surface area (Å²) < 4.78 is 0. The standard InChI is InChI=1S/C9H16N2.C4H4O4/c1-2-5-9-10-6-4-8-11(9)7-3-1;5-3(6)1-2-4(7)8/h1-8H2;1-2H,(H,5,6)(H,7,8)/b;2-1+. The first-order chi connectivity index (χ1) is 9.09. The Morgan fingerprint density at radius 1 is 1.00 bits per heavy atom. The second-order valence-corrected chi connectivity index (χ2v) is 4.46. The molecule has 0 unspecified atom stereocenters. The minimum absolute atomic E-state index is 0.558. The quantitative estimate of drug-likeness (QED) is 0.738. The number of carboxylic acids is 2. The van der Waals surface area contributed by atoms with Gasteiger partial charge in [0.05, 0.1) is 5.84 Å². The molecular formula is C13H20N2O4. The van der Waals surface area contributed by atoms with Crippen LogP contribution in [0.4, 0.5) is 0 Å². The van der Waals surface area contributed by atoms with Crippen molar-refractivity contribution in [2.75, 3.05) is 19.6 Å². The maximum absolute atomic E-state index is 9.55. The van der Waals surface area contributed by atoms with Crippen LogP contribution in [0.15, 0.2) is 17.1 Å². The maximum Gasteiger partial charge on any atom is 0.328 e. The van der Waals surface area contributed by atoms with Crippen molar-refractivity contribution < 1.29 is 19.8 Å². The fourth-order valence-electron chi connectivity index (χ4n) is 2.08. The van der Waals surface area contributed by atoms with Crippen LogP contribution in [0.25, 0.3) is 0 Å². The predicted octanol–water partition coefficient (Wildman–Crippen LogP) is 1.38. The van der Waals surface area contributed by atoms with Crippen LogP contribution in [0.3, 0.4) is 0 Å². The van der Waals surface area contributed by atoms with Gasteiger partial charge in [0.2, 0.25) is 0 Å². The molecule has 1 fully saturated rings. The van der Waals surface area contributed by atoms with Crippen LogP contribution in [0, 0.1) is 0 Å². The second-order valence-electron chi connectivity index (χ2n) is 4.46. The number of carbonyl (C=O) groups is 2. The molecule has 2 N–H and O–H groups in total. The third-order valence-corrected chi connectivity index (χ3v) is 2.94. The van der Waals surface area contributed by atoms with E-state index in [1.54, 1.807) is 0 Å². The highest BCUT2D eigenvalue weighted by Crippen LogP contribution is 2.15. The van der Waals surface area contributed by atoms with Crippen molar-refractivity contribution >= 4 is 17.8 Å². The molecule has 0 radical (unpaired) electrons. The van der Waals surface area contributed by atoms with Crippen LogP contribution in [0.1, 0.15) is 32.1 Å². The van der Waals surface area contributed by atoms with E-state index in [2.05, 4.69) is 9.89 Å². The van der Waals surface area contributed by atoms with Crippen molar-refractivity contribution in [3.8, 4) is 0 Å². The molecule has 0 spiro atoms. The highest BCUT2D eigenvalue weighted by Gasteiger charge is 2.16. The molecule has 0 aromatic heterocycles. The van der Waals surface area contributed by atoms with E-state index in [1.165, 1.54) is 51.0 Å². The summed E-state index contributed by atoms with van der Waals surface area (Å²) in [5, 5.41) is 15.6. The van der Waals surface area contributed by atoms with Gasteiger partial charge >= 0.3 is 11.9 Å². The van der Waals surface area contributed by atoms with E-state index < -0.39 is 11.9 Å². The van der Waals surface area contributed by atoms with E-state index in [0.717, 1.165) is 6.54 Å². The summed E-state index contributed by atoms with van der Waals surface area (Å²) in [6, 6.07) is 0. The van der Waals surface area contributed by atoms with Crippen LogP contribution >= 0.6 is 0 Å². The fourth-order valence-corrected chi connectivity index (χ4v) is 2.08. The summed E-state index contributed by atoms with van der Waals surface area (Å²) in [4.78, 5) is 26.1. The Labute approximate surface area is 112 Å². The molecule has 0 aromatic carbocycles. The van der Waals surface area contributed by atoms with Gasteiger partial charge in [-0.3, -0.25) is 4.99 Å². The van der Waals surface area contributed by atoms with Crippen LogP contribution < -0.4 is 0 Å². The van der Waals surface area contributed by atoms with E-state index in [0.29, 0.717) is 12.2 Å². The van der Waals surface area contributed by atoms with Gasteiger partial charge in [-0.1, -0.05) is 6.42 Å². The topological polar surface area (TPSA) is 90.2 Å². The lowest BCUT2D eigenvalue weighted by Crippen LogP contribution is -2.34. The van der Waals surface area contributed by atoms with Gasteiger partial charge in [0, 0.05) is 38.2 Å². The summed E-state index contributed by atoms with van der Waals surface area (Å²) in [6.45, 7) is 3.60. The molecule has 0 atom stereocenters. The number of rotatable bonds is 2. The minimum atomic E-state index is -1.26. The zero-order valence-electron chi connectivity index (χ0n) is 10.9. The average molecular weight is 268 g/mol. The second kappa shape index (κ2) is 8.29. The van der Waals surface area contributed by atoms with Crippen molar-refractivity contribution in [1.82, 2.24) is 4.90 Å². The minimum Gasteiger partial charge on any atom is -0.478 e. The lowest BCUT2D eigenvalue weighted by molar-refractivity contribution is -0.134. The van der Waals surface area contributed by atoms with Gasteiger partial charge < -0.3 is 15.1 Å². The lowest BCUT2D eigenvalue weighted by Gasteiger charge is -2.27. The van der Waals surface area contributed by atoms with Crippen LogP contribution in [-0.4, -0.2) is 52.5 Å². The molecule has 2 aliphatic rings. The van der Waals surface area contributed by atoms with Gasteiger partial charge in [-0.25, -0.2) is 9.59 Å². The van der Waals surface area contributed by atoms with Crippen LogP contribution in [-0.2, 0) is 9.59 Å². The van der Waals surface area contributed by atoms with Crippen LogP contribution in [0.5, 0.6) is 0 Å². The molecule has 106 valence electrons. The highest BCUT2D eigenvalue weighted by atomic mass is 16.4. The normalized spacial score (nSPS) is 18.7. The van der Waals surface area contributed by atoms with Gasteiger partial charge in [-0.2, -0.15) is 0 Å². The van der Waals surface area contributed by atoms with Gasteiger partial charge in [0.25, 0.3) is 0 Å². The Morgan fingerprint density at radius 3 is 2.26 bits per heavy atom. The van der Waals surface area contributed by atoms with E-state index in [-0.39, 0.29) is 0 Å². The van der Waals surface area contributed by atoms with Crippen molar-refractivity contribution in [2.45, 2.75) is 32.1 Å². The molecule has 1 saturated heterocycles. The molecule has 2 rings (SSSR count). The lowest BCUT2D eigenvalue weighted by atomic mass is 10.2. The maximum atomic E-state index is 9.55. The SMILES string of the molecule is C1CCC2=NCCCN2CC1.O=C(O)/C=C/C(=O)O. The Kier molecular flexibility index (Phi) is 6.63. The summed E-state index contributed by atoms with van der Waals surface area (Å²) in [7, 11) is 0. The molecular weight excluding hydrogens is 248 g/mol. The van der Waals surface area contributed by atoms with Crippen molar-refractivity contribution in [1.29, 1.82) is 0 Å². The summed E-state index contributed by atoms with van der Waals surface area (Å²) >= 11 is 0. The number of fused-ring (bicyclic) bond motifs is 1. The molecule has 0 bridgehead atoms. The number of hydrogen-bond acceptors (Lipinski definition) is 4. The molecule has 6 nitrogen and oxygen atoms in total. The van der Waals surface area contributed by atoms with Gasteiger partial charge in [0.15, 0.2) is 0 Å². The number of aliphatic imine (C=N–C) groups is 1. The molecule has 2 heterocycles. The number of amidine groups is 1. The number of nitrogens with zero attached hydrogens (tertiary/aromatic N) is 2. The van der Waals surface area contributed by atoms with E-state index in [1.807, 2.05) is 0 Å². The number of hydrogen-bond donors (Lipinski definition) is 2. The predicted molar refractivity (Wildman–Crippen MR) is 71.4 cm³/mol. The molecule has 0 amide bonds. The fraction of sp³-hybridized carbons (Fsp3) is 0.615. The summed E-state index contributed by atoms with van der Waals surface area (Å²) in [5.74, 6) is -1.12. The number of aliphatic carboxylic acids is 2.